The van der Waals surface area contributed by atoms with Gasteiger partial charge in [-0.05, 0) is 55.5 Å². The molecule has 0 saturated carbocycles. The van der Waals surface area contributed by atoms with Crippen LogP contribution in [-0.2, 0) is 6.18 Å². The van der Waals surface area contributed by atoms with Crippen molar-refractivity contribution in [2.45, 2.75) is 26.9 Å². The second-order valence-corrected chi connectivity index (χ2v) is 12.2. The number of fused-ring (bicyclic) bond motifs is 1. The molecule has 2 heterocycles. The fraction of sp³-hybridized carbons (Fsp3) is 0.241. The van der Waals surface area contributed by atoms with E-state index in [4.69, 9.17) is 14.8 Å². The molecular formula is C29H29F4N6P. The molecule has 0 aliphatic carbocycles. The van der Waals surface area contributed by atoms with Crippen LogP contribution in [0.3, 0.4) is 0 Å². The minimum Gasteiger partial charge on any atom is -0.310 e. The first kappa shape index (κ1) is 27.8. The number of nitrogens with zero attached hydrogens (tertiary/aromatic N) is 6. The summed E-state index contributed by atoms with van der Waals surface area (Å²) >= 11 is 0. The van der Waals surface area contributed by atoms with Gasteiger partial charge >= 0.3 is 6.18 Å². The molecule has 1 aromatic heterocycles. The van der Waals surface area contributed by atoms with Crippen molar-refractivity contribution in [1.82, 2.24) is 19.1 Å². The Bertz CT molecular complexity index is 1610. The van der Waals surface area contributed by atoms with E-state index in [-0.39, 0.29) is 5.69 Å². The zero-order valence-electron chi connectivity index (χ0n) is 22.6. The number of benzene rings is 3. The number of hydrogen-bond donors (Lipinski definition) is 0. The van der Waals surface area contributed by atoms with Gasteiger partial charge in [0, 0.05) is 25.7 Å². The molecular weight excluding hydrogens is 539 g/mol. The molecule has 11 heteroatoms. The third-order valence-electron chi connectivity index (χ3n) is 6.93. The van der Waals surface area contributed by atoms with Crippen LogP contribution < -0.4 is 5.30 Å². The topological polar surface area (TPSA) is 49.0 Å². The highest BCUT2D eigenvalue weighted by Crippen LogP contribution is 2.62. The quantitative estimate of drug-likeness (QED) is 0.177. The van der Waals surface area contributed by atoms with Crippen LogP contribution in [0.1, 0.15) is 30.7 Å². The SMILES string of the molecule is CCN(CC)P1(=Nc2ccccc2C(F)(F)F)c2c(C)nn(-c3ccccc3)c2N=C(c2ccc(F)cc2)N1C. The Hall–Kier alpha value is -3.75. The van der Waals surface area contributed by atoms with Crippen molar-refractivity contribution in [3.8, 4) is 5.69 Å². The summed E-state index contributed by atoms with van der Waals surface area (Å²) in [6, 6.07) is 20.8. The molecule has 40 heavy (non-hydrogen) atoms. The predicted molar refractivity (Wildman–Crippen MR) is 152 cm³/mol. The van der Waals surface area contributed by atoms with E-state index in [1.807, 2.05) is 55.8 Å². The molecule has 0 saturated heterocycles. The van der Waals surface area contributed by atoms with Gasteiger partial charge in [-0.25, -0.2) is 18.8 Å². The molecule has 0 radical (unpaired) electrons. The maximum Gasteiger partial charge on any atom is 0.418 e. The van der Waals surface area contributed by atoms with Crippen molar-refractivity contribution >= 4 is 30.0 Å². The summed E-state index contributed by atoms with van der Waals surface area (Å²) in [5.41, 5.74) is 1.03. The maximum absolute atomic E-state index is 14.2. The summed E-state index contributed by atoms with van der Waals surface area (Å²) in [4.78, 5) is 5.02. The summed E-state index contributed by atoms with van der Waals surface area (Å²) in [5, 5.41) is 5.53. The van der Waals surface area contributed by atoms with Gasteiger partial charge in [0.15, 0.2) is 13.2 Å². The highest BCUT2D eigenvalue weighted by molar-refractivity contribution is 7.70. The van der Waals surface area contributed by atoms with Gasteiger partial charge in [-0.15, -0.1) is 0 Å². The van der Waals surface area contributed by atoms with E-state index in [0.29, 0.717) is 41.3 Å². The Balaban J connectivity index is 1.94. The van der Waals surface area contributed by atoms with Crippen LogP contribution in [0.15, 0.2) is 88.6 Å². The fourth-order valence-corrected chi connectivity index (χ4v) is 9.00. The Morgan fingerprint density at radius 3 is 2.15 bits per heavy atom. The van der Waals surface area contributed by atoms with E-state index in [0.717, 1.165) is 11.8 Å². The van der Waals surface area contributed by atoms with E-state index in [1.54, 1.807) is 29.9 Å². The molecule has 1 aliphatic rings. The van der Waals surface area contributed by atoms with Crippen molar-refractivity contribution in [2.24, 2.45) is 9.74 Å². The minimum atomic E-state index is -4.60. The minimum absolute atomic E-state index is 0.153. The van der Waals surface area contributed by atoms with Crippen LogP contribution in [0.4, 0.5) is 29.1 Å². The number of alkyl halides is 3. The molecule has 0 bridgehead atoms. The normalized spacial score (nSPS) is 17.1. The number of para-hydroxylation sites is 1. The van der Waals surface area contributed by atoms with E-state index in [2.05, 4.69) is 4.67 Å². The Labute approximate surface area is 230 Å². The lowest BCUT2D eigenvalue weighted by Gasteiger charge is -2.45. The number of amidine groups is 1. The van der Waals surface area contributed by atoms with E-state index in [1.165, 1.54) is 24.3 Å². The molecule has 0 amide bonds. The Kier molecular flexibility index (Phi) is 7.42. The summed E-state index contributed by atoms with van der Waals surface area (Å²) in [7, 11) is -1.38. The monoisotopic (exact) mass is 568 g/mol. The van der Waals surface area contributed by atoms with Gasteiger partial charge in [0.1, 0.15) is 11.7 Å². The first-order valence-corrected chi connectivity index (χ1v) is 14.5. The third kappa shape index (κ3) is 4.65. The molecule has 0 spiro atoms. The van der Waals surface area contributed by atoms with E-state index in [9.17, 15) is 17.6 Å². The molecule has 208 valence electrons. The maximum atomic E-state index is 14.2. The molecule has 4 aromatic rings. The summed E-state index contributed by atoms with van der Waals surface area (Å²) in [6.45, 7) is 6.79. The first-order valence-electron chi connectivity index (χ1n) is 12.9. The molecule has 3 aromatic carbocycles. The number of aryl methyl sites for hydroxylation is 1. The van der Waals surface area contributed by atoms with Crippen molar-refractivity contribution < 1.29 is 17.6 Å². The number of halogens is 4. The standard InChI is InChI=1S/C29H29F4N6P/c1-5-38(6-2)40(36-25-15-11-10-14-24(25)29(31,32)33)26-20(3)35-39(23-12-8-7-9-13-23)28(26)34-27(37(40)4)21-16-18-22(30)19-17-21/h7-19H,5-6H2,1-4H3. The van der Waals surface area contributed by atoms with Gasteiger partial charge in [-0.2, -0.15) is 18.3 Å². The first-order chi connectivity index (χ1) is 19.1. The average Bonchev–Trinajstić information content (AvgIpc) is 3.28. The zero-order valence-corrected chi connectivity index (χ0v) is 23.5. The molecule has 0 fully saturated rings. The molecule has 6 nitrogen and oxygen atoms in total. The van der Waals surface area contributed by atoms with Crippen molar-refractivity contribution in [2.75, 3.05) is 20.1 Å². The van der Waals surface area contributed by atoms with Gasteiger partial charge in [0.05, 0.1) is 27.9 Å². The molecule has 1 unspecified atom stereocenters. The van der Waals surface area contributed by atoms with Gasteiger partial charge in [0.2, 0.25) is 0 Å². The Morgan fingerprint density at radius 2 is 1.52 bits per heavy atom. The van der Waals surface area contributed by atoms with E-state index < -0.39 is 24.9 Å². The van der Waals surface area contributed by atoms with Crippen LogP contribution in [-0.4, -0.2) is 45.1 Å². The molecule has 0 N–H and O–H groups in total. The Morgan fingerprint density at radius 1 is 0.900 bits per heavy atom. The lowest BCUT2D eigenvalue weighted by atomic mass is 10.2. The highest BCUT2D eigenvalue weighted by Gasteiger charge is 2.45. The lowest BCUT2D eigenvalue weighted by molar-refractivity contribution is -0.137. The average molecular weight is 569 g/mol. The molecule has 1 aliphatic heterocycles. The summed E-state index contributed by atoms with van der Waals surface area (Å²) in [5.74, 6) is 0.565. The fourth-order valence-electron chi connectivity index (χ4n) is 5.09. The smallest absolute Gasteiger partial charge is 0.310 e. The highest BCUT2D eigenvalue weighted by atomic mass is 31.2. The number of aliphatic imine (C=N–C) groups is 1. The third-order valence-corrected chi connectivity index (χ3v) is 10.9. The summed E-state index contributed by atoms with van der Waals surface area (Å²) < 4.78 is 67.3. The number of hydrogen-bond acceptors (Lipinski definition) is 3. The number of rotatable bonds is 6. The van der Waals surface area contributed by atoms with E-state index >= 15 is 0 Å². The van der Waals surface area contributed by atoms with Crippen molar-refractivity contribution in [3.63, 3.8) is 0 Å². The summed E-state index contributed by atoms with van der Waals surface area (Å²) in [6.07, 6.45) is -4.60. The van der Waals surface area contributed by atoms with Gasteiger partial charge in [0.25, 0.3) is 0 Å². The van der Waals surface area contributed by atoms with Crippen LogP contribution in [0.5, 0.6) is 0 Å². The van der Waals surface area contributed by atoms with Gasteiger partial charge < -0.3 is 4.67 Å². The molecule has 5 rings (SSSR count). The van der Waals surface area contributed by atoms with Gasteiger partial charge in [-0.3, -0.25) is 4.67 Å². The second kappa shape index (κ2) is 10.7. The van der Waals surface area contributed by atoms with Crippen LogP contribution in [0, 0.1) is 12.7 Å². The van der Waals surface area contributed by atoms with Crippen LogP contribution in [0.25, 0.3) is 5.69 Å². The van der Waals surface area contributed by atoms with Crippen LogP contribution >= 0.6 is 7.36 Å². The largest absolute Gasteiger partial charge is 0.418 e. The zero-order chi connectivity index (χ0) is 28.7. The second-order valence-electron chi connectivity index (χ2n) is 9.29. The number of aromatic nitrogens is 2. The van der Waals surface area contributed by atoms with Crippen molar-refractivity contribution in [3.05, 3.63) is 102 Å². The lowest BCUT2D eigenvalue weighted by Crippen LogP contribution is -2.41. The molecule has 1 atom stereocenters. The predicted octanol–water partition coefficient (Wildman–Crippen LogP) is 7.69. The van der Waals surface area contributed by atoms with Crippen molar-refractivity contribution in [1.29, 1.82) is 0 Å². The van der Waals surface area contributed by atoms with Gasteiger partial charge in [-0.1, -0.05) is 44.2 Å². The van der Waals surface area contributed by atoms with Crippen LogP contribution in [0.2, 0.25) is 0 Å².